The van der Waals surface area contributed by atoms with Crippen molar-refractivity contribution >= 4 is 0 Å². The third kappa shape index (κ3) is 14.9. The SMILES string of the molecule is CCC/C=C\CCCCCCCCO[N+](=O)[O-]. The standard InChI is InChI=1S/C13H25NO3/c1-2-3-4-5-6-7-8-9-10-11-12-13-17-14(15)16/h4-5H,2-3,6-13H2,1H3/b5-4-. The molecule has 4 heteroatoms. The van der Waals surface area contributed by atoms with Gasteiger partial charge in [0.25, 0.3) is 5.09 Å². The largest absolute Gasteiger partial charge is 0.314 e. The molecule has 0 N–H and O–H groups in total. The van der Waals surface area contributed by atoms with E-state index in [9.17, 15) is 10.1 Å². The van der Waals surface area contributed by atoms with Gasteiger partial charge in [-0.15, -0.1) is 10.1 Å². The first kappa shape index (κ1) is 15.9. The maximum atomic E-state index is 9.86. The van der Waals surface area contributed by atoms with Crippen molar-refractivity contribution in [2.45, 2.75) is 64.7 Å². The smallest absolute Gasteiger partial charge is 0.294 e. The third-order valence-corrected chi connectivity index (χ3v) is 2.58. The van der Waals surface area contributed by atoms with Gasteiger partial charge in [0.15, 0.2) is 0 Å². The van der Waals surface area contributed by atoms with Gasteiger partial charge in [0.05, 0.1) is 6.61 Å². The van der Waals surface area contributed by atoms with Crippen molar-refractivity contribution in [1.29, 1.82) is 0 Å². The lowest BCUT2D eigenvalue weighted by Crippen LogP contribution is -2.01. The lowest BCUT2D eigenvalue weighted by molar-refractivity contribution is -0.757. The molecule has 0 rings (SSSR count). The summed E-state index contributed by atoms with van der Waals surface area (Å²) in [7, 11) is 0. The zero-order valence-electron chi connectivity index (χ0n) is 10.9. The zero-order valence-corrected chi connectivity index (χ0v) is 10.9. The van der Waals surface area contributed by atoms with Crippen LogP contribution in [0.25, 0.3) is 0 Å². The Labute approximate surface area is 104 Å². The minimum Gasteiger partial charge on any atom is -0.314 e. The van der Waals surface area contributed by atoms with E-state index in [0.717, 1.165) is 19.3 Å². The Morgan fingerprint density at radius 2 is 1.59 bits per heavy atom. The molecule has 0 aliphatic heterocycles. The van der Waals surface area contributed by atoms with Crippen LogP contribution in [-0.4, -0.2) is 11.7 Å². The van der Waals surface area contributed by atoms with Crippen molar-refractivity contribution in [3.8, 4) is 0 Å². The van der Waals surface area contributed by atoms with E-state index < -0.39 is 5.09 Å². The highest BCUT2D eigenvalue weighted by Gasteiger charge is 1.94. The van der Waals surface area contributed by atoms with E-state index in [1.54, 1.807) is 0 Å². The molecule has 0 unspecified atom stereocenters. The van der Waals surface area contributed by atoms with E-state index in [2.05, 4.69) is 23.9 Å². The van der Waals surface area contributed by atoms with Crippen LogP contribution >= 0.6 is 0 Å². The first-order valence-electron chi connectivity index (χ1n) is 6.69. The molecule has 0 bridgehead atoms. The third-order valence-electron chi connectivity index (χ3n) is 2.58. The number of unbranched alkanes of at least 4 members (excludes halogenated alkanes) is 7. The average Bonchev–Trinajstić information content (AvgIpc) is 2.30. The number of nitrogens with zero attached hydrogens (tertiary/aromatic N) is 1. The predicted molar refractivity (Wildman–Crippen MR) is 69.3 cm³/mol. The molecule has 0 aromatic carbocycles. The van der Waals surface area contributed by atoms with E-state index in [1.807, 2.05) is 0 Å². The zero-order chi connectivity index (χ0) is 12.8. The molecular weight excluding hydrogens is 218 g/mol. The fourth-order valence-electron chi connectivity index (χ4n) is 1.61. The molecule has 0 radical (unpaired) electrons. The Morgan fingerprint density at radius 1 is 1.00 bits per heavy atom. The minimum atomic E-state index is -0.720. The van der Waals surface area contributed by atoms with Crippen LogP contribution in [0.15, 0.2) is 12.2 Å². The summed E-state index contributed by atoms with van der Waals surface area (Å²) in [4.78, 5) is 14.1. The van der Waals surface area contributed by atoms with E-state index in [0.29, 0.717) is 0 Å². The van der Waals surface area contributed by atoms with E-state index >= 15 is 0 Å². The van der Waals surface area contributed by atoms with Crippen LogP contribution in [0.1, 0.15) is 64.7 Å². The Kier molecular flexibility index (Phi) is 12.2. The summed E-state index contributed by atoms with van der Waals surface area (Å²) >= 11 is 0. The topological polar surface area (TPSA) is 52.4 Å². The first-order valence-corrected chi connectivity index (χ1v) is 6.69. The van der Waals surface area contributed by atoms with Crippen molar-refractivity contribution in [2.24, 2.45) is 0 Å². The van der Waals surface area contributed by atoms with Gasteiger partial charge in [0.1, 0.15) is 0 Å². The Hall–Kier alpha value is -1.06. The molecule has 4 nitrogen and oxygen atoms in total. The number of allylic oxidation sites excluding steroid dienone is 2. The normalized spacial score (nSPS) is 10.9. The lowest BCUT2D eigenvalue weighted by atomic mass is 10.1. The molecule has 17 heavy (non-hydrogen) atoms. The molecule has 0 saturated heterocycles. The predicted octanol–water partition coefficient (Wildman–Crippen LogP) is 4.28. The van der Waals surface area contributed by atoms with Crippen molar-refractivity contribution in [3.63, 3.8) is 0 Å². The van der Waals surface area contributed by atoms with Gasteiger partial charge in [-0.3, -0.25) is 0 Å². The molecule has 0 heterocycles. The summed E-state index contributed by atoms with van der Waals surface area (Å²) in [5, 5.41) is 9.14. The van der Waals surface area contributed by atoms with Crippen LogP contribution in [0.4, 0.5) is 0 Å². The summed E-state index contributed by atoms with van der Waals surface area (Å²) in [6.07, 6.45) is 14.8. The number of rotatable bonds is 12. The first-order chi connectivity index (χ1) is 8.27. The van der Waals surface area contributed by atoms with E-state index in [1.165, 1.54) is 38.5 Å². The van der Waals surface area contributed by atoms with E-state index in [4.69, 9.17) is 0 Å². The van der Waals surface area contributed by atoms with Gasteiger partial charge in [0.2, 0.25) is 0 Å². The molecule has 0 aliphatic carbocycles. The van der Waals surface area contributed by atoms with Crippen LogP contribution in [-0.2, 0) is 4.84 Å². The molecule has 100 valence electrons. The Bertz CT molecular complexity index is 205. The monoisotopic (exact) mass is 243 g/mol. The molecule has 0 amide bonds. The van der Waals surface area contributed by atoms with Crippen LogP contribution in [0, 0.1) is 10.1 Å². The molecule has 0 atom stereocenters. The van der Waals surface area contributed by atoms with Gasteiger partial charge in [0, 0.05) is 0 Å². The Morgan fingerprint density at radius 3 is 2.24 bits per heavy atom. The highest BCUT2D eigenvalue weighted by Crippen LogP contribution is 2.08. The maximum Gasteiger partial charge on any atom is 0.294 e. The van der Waals surface area contributed by atoms with Gasteiger partial charge in [-0.1, -0.05) is 51.2 Å². The average molecular weight is 243 g/mol. The summed E-state index contributed by atoms with van der Waals surface area (Å²) in [6.45, 7) is 2.43. The van der Waals surface area contributed by atoms with Crippen molar-refractivity contribution in [3.05, 3.63) is 22.3 Å². The summed E-state index contributed by atoms with van der Waals surface area (Å²) < 4.78 is 0. The van der Waals surface area contributed by atoms with Crippen LogP contribution in [0.5, 0.6) is 0 Å². The molecular formula is C13H25NO3. The van der Waals surface area contributed by atoms with Crippen LogP contribution < -0.4 is 0 Å². The van der Waals surface area contributed by atoms with Gasteiger partial charge < -0.3 is 4.84 Å². The summed E-state index contributed by atoms with van der Waals surface area (Å²) in [6, 6.07) is 0. The number of hydrogen-bond donors (Lipinski definition) is 0. The van der Waals surface area contributed by atoms with Crippen molar-refractivity contribution < 1.29 is 9.92 Å². The molecule has 0 aliphatic rings. The summed E-state index contributed by atoms with van der Waals surface area (Å²) in [5.41, 5.74) is 0. The van der Waals surface area contributed by atoms with Gasteiger partial charge >= 0.3 is 0 Å². The van der Waals surface area contributed by atoms with Gasteiger partial charge in [-0.05, 0) is 25.7 Å². The summed E-state index contributed by atoms with van der Waals surface area (Å²) in [5.74, 6) is 0. The second kappa shape index (κ2) is 13.0. The number of hydrogen-bond acceptors (Lipinski definition) is 3. The molecule has 0 aromatic heterocycles. The van der Waals surface area contributed by atoms with Crippen LogP contribution in [0.2, 0.25) is 0 Å². The fraction of sp³-hybridized carbons (Fsp3) is 0.846. The highest BCUT2D eigenvalue weighted by molar-refractivity contribution is 4.80. The molecule has 0 spiro atoms. The quantitative estimate of drug-likeness (QED) is 0.222. The van der Waals surface area contributed by atoms with Gasteiger partial charge in [-0.2, -0.15) is 0 Å². The van der Waals surface area contributed by atoms with Gasteiger partial charge in [-0.25, -0.2) is 0 Å². The minimum absolute atomic E-state index is 0.243. The Balaban J connectivity index is 3.01. The molecule has 0 saturated carbocycles. The van der Waals surface area contributed by atoms with Crippen molar-refractivity contribution in [1.82, 2.24) is 0 Å². The maximum absolute atomic E-state index is 9.86. The molecule has 0 fully saturated rings. The van der Waals surface area contributed by atoms with Crippen LogP contribution in [0.3, 0.4) is 0 Å². The second-order valence-corrected chi connectivity index (χ2v) is 4.23. The lowest BCUT2D eigenvalue weighted by Gasteiger charge is -2.00. The second-order valence-electron chi connectivity index (χ2n) is 4.23. The highest BCUT2D eigenvalue weighted by atomic mass is 16.9. The fourth-order valence-corrected chi connectivity index (χ4v) is 1.61. The van der Waals surface area contributed by atoms with E-state index in [-0.39, 0.29) is 6.61 Å². The van der Waals surface area contributed by atoms with Crippen molar-refractivity contribution in [2.75, 3.05) is 6.61 Å². The molecule has 0 aromatic rings.